The van der Waals surface area contributed by atoms with Crippen LogP contribution in [0.15, 0.2) is 12.4 Å². The van der Waals surface area contributed by atoms with Gasteiger partial charge in [-0.15, -0.1) is 0 Å². The highest BCUT2D eigenvalue weighted by atomic mass is 35.5. The number of rotatable bonds is 4. The molecule has 5 nitrogen and oxygen atoms in total. The quantitative estimate of drug-likeness (QED) is 0.830. The van der Waals surface area contributed by atoms with Gasteiger partial charge in [-0.2, -0.15) is 0 Å². The third kappa shape index (κ3) is 3.06. The lowest BCUT2D eigenvalue weighted by Gasteiger charge is -2.13. The number of halogens is 1. The van der Waals surface area contributed by atoms with Gasteiger partial charge in [0, 0.05) is 6.04 Å². The number of hydrogen-bond donors (Lipinski definition) is 2. The lowest BCUT2D eigenvalue weighted by Crippen LogP contribution is -2.39. The van der Waals surface area contributed by atoms with Crippen molar-refractivity contribution in [3.63, 3.8) is 0 Å². The van der Waals surface area contributed by atoms with Crippen LogP contribution < -0.4 is 10.6 Å². The molecule has 1 aromatic heterocycles. The molecule has 1 saturated carbocycles. The van der Waals surface area contributed by atoms with Crippen LogP contribution in [-0.2, 0) is 4.79 Å². The summed E-state index contributed by atoms with van der Waals surface area (Å²) < 4.78 is 0. The molecule has 6 heteroatoms. The minimum Gasteiger partial charge on any atom is -0.352 e. The Hall–Kier alpha value is -1.36. The summed E-state index contributed by atoms with van der Waals surface area (Å²) in [4.78, 5) is 19.5. The van der Waals surface area contributed by atoms with Crippen LogP contribution >= 0.6 is 11.6 Å². The molecule has 16 heavy (non-hydrogen) atoms. The summed E-state index contributed by atoms with van der Waals surface area (Å²) >= 11 is 5.66. The fraction of sp³-hybridized carbons (Fsp3) is 0.500. The van der Waals surface area contributed by atoms with Crippen LogP contribution in [0.5, 0.6) is 0 Å². The third-order valence-corrected chi connectivity index (χ3v) is 2.48. The van der Waals surface area contributed by atoms with Gasteiger partial charge in [-0.05, 0) is 19.8 Å². The van der Waals surface area contributed by atoms with E-state index in [4.69, 9.17) is 11.6 Å². The maximum absolute atomic E-state index is 11.6. The summed E-state index contributed by atoms with van der Waals surface area (Å²) in [6, 6.07) is 0.0182. The molecule has 1 aliphatic rings. The molecule has 86 valence electrons. The van der Waals surface area contributed by atoms with Crippen molar-refractivity contribution >= 4 is 23.5 Å². The number of nitrogens with zero attached hydrogens (tertiary/aromatic N) is 2. The molecule has 2 rings (SSSR count). The molecule has 1 atom stereocenters. The first kappa shape index (κ1) is 11.1. The van der Waals surface area contributed by atoms with Gasteiger partial charge in [-0.1, -0.05) is 11.6 Å². The molecule has 0 bridgehead atoms. The molecule has 1 aromatic rings. The van der Waals surface area contributed by atoms with Gasteiger partial charge >= 0.3 is 0 Å². The number of amides is 1. The molecule has 0 saturated heterocycles. The maximum atomic E-state index is 11.6. The van der Waals surface area contributed by atoms with Gasteiger partial charge in [0.25, 0.3) is 0 Å². The van der Waals surface area contributed by atoms with Gasteiger partial charge in [0.05, 0.1) is 17.4 Å². The number of carbonyl (C=O) groups excluding carboxylic acids is 1. The minimum atomic E-state index is -0.346. The van der Waals surface area contributed by atoms with Gasteiger partial charge < -0.3 is 10.6 Å². The molecule has 0 aliphatic heterocycles. The van der Waals surface area contributed by atoms with E-state index in [0.29, 0.717) is 17.0 Å². The largest absolute Gasteiger partial charge is 0.352 e. The second-order valence-corrected chi connectivity index (χ2v) is 4.31. The van der Waals surface area contributed by atoms with Gasteiger partial charge in [-0.25, -0.2) is 9.97 Å². The molecule has 1 unspecified atom stereocenters. The van der Waals surface area contributed by atoms with Crippen LogP contribution in [-0.4, -0.2) is 28.0 Å². The zero-order valence-electron chi connectivity index (χ0n) is 8.90. The molecule has 0 spiro atoms. The van der Waals surface area contributed by atoms with Crippen molar-refractivity contribution in [2.45, 2.75) is 31.8 Å². The molecular weight excluding hydrogens is 228 g/mol. The first-order chi connectivity index (χ1) is 7.65. The van der Waals surface area contributed by atoms with Gasteiger partial charge in [-0.3, -0.25) is 4.79 Å². The highest BCUT2D eigenvalue weighted by molar-refractivity contribution is 6.30. The van der Waals surface area contributed by atoms with Crippen LogP contribution in [0, 0.1) is 0 Å². The molecular formula is C10H13ClN4O. The average Bonchev–Trinajstić information content (AvgIpc) is 3.05. The third-order valence-electron chi connectivity index (χ3n) is 2.28. The van der Waals surface area contributed by atoms with E-state index >= 15 is 0 Å². The fourth-order valence-electron chi connectivity index (χ4n) is 1.20. The zero-order valence-corrected chi connectivity index (χ0v) is 9.66. The molecule has 1 aliphatic carbocycles. The van der Waals surface area contributed by atoms with E-state index in [9.17, 15) is 4.79 Å². The van der Waals surface area contributed by atoms with Crippen molar-refractivity contribution in [2.24, 2.45) is 0 Å². The standard InChI is InChI=1S/C10H13ClN4O/c1-6(9(16)15-8-2-3-8)14-10-12-4-7(11)5-13-10/h4-6,8H,2-3H2,1H3,(H,15,16)(H,12,13,14). The van der Waals surface area contributed by atoms with Crippen molar-refractivity contribution in [3.8, 4) is 0 Å². The van der Waals surface area contributed by atoms with E-state index in [1.54, 1.807) is 6.92 Å². The van der Waals surface area contributed by atoms with Crippen molar-refractivity contribution in [2.75, 3.05) is 5.32 Å². The van der Waals surface area contributed by atoms with Gasteiger partial charge in [0.15, 0.2) is 0 Å². The Balaban J connectivity index is 1.87. The highest BCUT2D eigenvalue weighted by Gasteiger charge is 2.25. The lowest BCUT2D eigenvalue weighted by atomic mass is 10.3. The molecule has 1 amide bonds. The lowest BCUT2D eigenvalue weighted by molar-refractivity contribution is -0.121. The predicted octanol–water partition coefficient (Wildman–Crippen LogP) is 1.21. The van der Waals surface area contributed by atoms with E-state index in [2.05, 4.69) is 20.6 Å². The number of nitrogens with one attached hydrogen (secondary N) is 2. The molecule has 1 heterocycles. The van der Waals surface area contributed by atoms with Crippen molar-refractivity contribution in [1.82, 2.24) is 15.3 Å². The van der Waals surface area contributed by atoms with Crippen LogP contribution in [0.3, 0.4) is 0 Å². The predicted molar refractivity (Wildman–Crippen MR) is 61.3 cm³/mol. The Morgan fingerprint density at radius 2 is 2.12 bits per heavy atom. The molecule has 1 fully saturated rings. The summed E-state index contributed by atoms with van der Waals surface area (Å²) in [5, 5.41) is 6.28. The summed E-state index contributed by atoms with van der Waals surface area (Å²) in [6.45, 7) is 1.77. The Morgan fingerprint density at radius 3 is 2.69 bits per heavy atom. The number of hydrogen-bond acceptors (Lipinski definition) is 4. The van der Waals surface area contributed by atoms with Crippen LogP contribution in [0.25, 0.3) is 0 Å². The first-order valence-electron chi connectivity index (χ1n) is 5.19. The summed E-state index contributed by atoms with van der Waals surface area (Å²) in [5.74, 6) is 0.379. The van der Waals surface area contributed by atoms with Gasteiger partial charge in [0.1, 0.15) is 6.04 Å². The zero-order chi connectivity index (χ0) is 11.5. The smallest absolute Gasteiger partial charge is 0.242 e. The Morgan fingerprint density at radius 1 is 1.50 bits per heavy atom. The summed E-state index contributed by atoms with van der Waals surface area (Å²) in [5.41, 5.74) is 0. The normalized spacial score (nSPS) is 16.6. The number of anilines is 1. The fourth-order valence-corrected chi connectivity index (χ4v) is 1.30. The monoisotopic (exact) mass is 240 g/mol. The van der Waals surface area contributed by atoms with Crippen LogP contribution in [0.2, 0.25) is 5.02 Å². The first-order valence-corrected chi connectivity index (χ1v) is 5.57. The van der Waals surface area contributed by atoms with Crippen LogP contribution in [0.1, 0.15) is 19.8 Å². The Labute approximate surface area is 98.6 Å². The second-order valence-electron chi connectivity index (χ2n) is 3.87. The topological polar surface area (TPSA) is 66.9 Å². The molecule has 2 N–H and O–H groups in total. The molecule has 0 aromatic carbocycles. The SMILES string of the molecule is CC(Nc1ncc(Cl)cn1)C(=O)NC1CC1. The number of carbonyl (C=O) groups is 1. The highest BCUT2D eigenvalue weighted by Crippen LogP contribution is 2.18. The van der Waals surface area contributed by atoms with E-state index in [1.807, 2.05) is 0 Å². The maximum Gasteiger partial charge on any atom is 0.242 e. The second kappa shape index (κ2) is 4.65. The number of aromatic nitrogens is 2. The van der Waals surface area contributed by atoms with E-state index in [-0.39, 0.29) is 11.9 Å². The van der Waals surface area contributed by atoms with E-state index in [0.717, 1.165) is 12.8 Å². The van der Waals surface area contributed by atoms with Crippen molar-refractivity contribution in [1.29, 1.82) is 0 Å². The Bertz CT molecular complexity index is 377. The van der Waals surface area contributed by atoms with Crippen molar-refractivity contribution in [3.05, 3.63) is 17.4 Å². The average molecular weight is 241 g/mol. The van der Waals surface area contributed by atoms with Crippen molar-refractivity contribution < 1.29 is 4.79 Å². The van der Waals surface area contributed by atoms with Gasteiger partial charge in [0.2, 0.25) is 11.9 Å². The van der Waals surface area contributed by atoms with E-state index < -0.39 is 0 Å². The van der Waals surface area contributed by atoms with E-state index in [1.165, 1.54) is 12.4 Å². The Kier molecular flexibility index (Phi) is 3.24. The molecule has 0 radical (unpaired) electrons. The summed E-state index contributed by atoms with van der Waals surface area (Å²) in [7, 11) is 0. The summed E-state index contributed by atoms with van der Waals surface area (Å²) in [6.07, 6.45) is 5.14. The minimum absolute atomic E-state index is 0.0268. The van der Waals surface area contributed by atoms with Crippen LogP contribution in [0.4, 0.5) is 5.95 Å².